The molecule has 5 nitrogen and oxygen atoms in total. The van der Waals surface area contributed by atoms with Crippen molar-refractivity contribution in [3.8, 4) is 0 Å². The van der Waals surface area contributed by atoms with Crippen LogP contribution in [-0.4, -0.2) is 29.3 Å². The highest BCUT2D eigenvalue weighted by molar-refractivity contribution is 5.26. The standard InChI is InChI=1S/C10H17FN4O/c1-10(2,11)8-13-9(16-14-8)15-5-3-7(12)4-6-15/h7H,3-6,12H2,1-2H3. The van der Waals surface area contributed by atoms with Crippen LogP contribution >= 0.6 is 0 Å². The SMILES string of the molecule is CC(C)(F)c1noc(N2CCC(N)CC2)n1. The van der Waals surface area contributed by atoms with Gasteiger partial charge in [-0.05, 0) is 26.7 Å². The van der Waals surface area contributed by atoms with E-state index < -0.39 is 5.67 Å². The zero-order valence-electron chi connectivity index (χ0n) is 9.61. The van der Waals surface area contributed by atoms with Crippen molar-refractivity contribution in [1.29, 1.82) is 0 Å². The molecule has 2 N–H and O–H groups in total. The smallest absolute Gasteiger partial charge is 0.324 e. The quantitative estimate of drug-likeness (QED) is 0.823. The van der Waals surface area contributed by atoms with Crippen molar-refractivity contribution in [2.24, 2.45) is 5.73 Å². The van der Waals surface area contributed by atoms with E-state index in [-0.39, 0.29) is 11.9 Å². The highest BCUT2D eigenvalue weighted by Gasteiger charge is 2.28. The molecule has 6 heteroatoms. The number of aromatic nitrogens is 2. The molecule has 1 saturated heterocycles. The zero-order valence-corrected chi connectivity index (χ0v) is 9.61. The number of piperidine rings is 1. The van der Waals surface area contributed by atoms with Crippen LogP contribution in [0.15, 0.2) is 4.52 Å². The summed E-state index contributed by atoms with van der Waals surface area (Å²) in [6.45, 7) is 4.40. The Hall–Kier alpha value is -1.17. The van der Waals surface area contributed by atoms with Gasteiger partial charge in [-0.25, -0.2) is 4.39 Å². The van der Waals surface area contributed by atoms with Crippen molar-refractivity contribution >= 4 is 6.01 Å². The number of hydrogen-bond donors (Lipinski definition) is 1. The van der Waals surface area contributed by atoms with E-state index in [0.29, 0.717) is 6.01 Å². The van der Waals surface area contributed by atoms with Gasteiger partial charge in [-0.3, -0.25) is 0 Å². The molecule has 0 unspecified atom stereocenters. The minimum Gasteiger partial charge on any atom is -0.328 e. The Bertz CT molecular complexity index is 352. The summed E-state index contributed by atoms with van der Waals surface area (Å²) < 4.78 is 18.6. The molecule has 1 aliphatic heterocycles. The molecular weight excluding hydrogens is 211 g/mol. The lowest BCUT2D eigenvalue weighted by atomic mass is 10.1. The van der Waals surface area contributed by atoms with E-state index in [9.17, 15) is 4.39 Å². The first kappa shape index (κ1) is 11.3. The summed E-state index contributed by atoms with van der Waals surface area (Å²) in [5.41, 5.74) is 4.23. The molecule has 2 heterocycles. The van der Waals surface area contributed by atoms with Crippen molar-refractivity contribution in [1.82, 2.24) is 10.1 Å². The van der Waals surface area contributed by atoms with Crippen LogP contribution in [0.5, 0.6) is 0 Å². The summed E-state index contributed by atoms with van der Waals surface area (Å²) in [5, 5.41) is 3.65. The average Bonchev–Trinajstić information content (AvgIpc) is 2.67. The fourth-order valence-electron chi connectivity index (χ4n) is 1.68. The minimum atomic E-state index is -1.56. The molecule has 90 valence electrons. The van der Waals surface area contributed by atoms with Crippen LogP contribution in [0, 0.1) is 0 Å². The highest BCUT2D eigenvalue weighted by Crippen LogP contribution is 2.24. The van der Waals surface area contributed by atoms with E-state index in [2.05, 4.69) is 10.1 Å². The molecule has 1 fully saturated rings. The molecule has 0 radical (unpaired) electrons. The van der Waals surface area contributed by atoms with Gasteiger partial charge >= 0.3 is 6.01 Å². The number of alkyl halides is 1. The number of rotatable bonds is 2. The predicted octanol–water partition coefficient (Wildman–Crippen LogP) is 1.20. The molecule has 1 aliphatic rings. The van der Waals surface area contributed by atoms with Crippen LogP contribution in [0.3, 0.4) is 0 Å². The lowest BCUT2D eigenvalue weighted by Crippen LogP contribution is -2.39. The molecule has 1 aromatic heterocycles. The van der Waals surface area contributed by atoms with Crippen LogP contribution < -0.4 is 10.6 Å². The lowest BCUT2D eigenvalue weighted by Gasteiger charge is -2.28. The van der Waals surface area contributed by atoms with Gasteiger partial charge < -0.3 is 15.2 Å². The normalized spacial score (nSPS) is 19.1. The van der Waals surface area contributed by atoms with Crippen molar-refractivity contribution in [3.63, 3.8) is 0 Å². The van der Waals surface area contributed by atoms with E-state index in [0.717, 1.165) is 25.9 Å². The third-order valence-electron chi connectivity index (χ3n) is 2.76. The first-order valence-corrected chi connectivity index (χ1v) is 5.50. The second kappa shape index (κ2) is 4.01. The highest BCUT2D eigenvalue weighted by atomic mass is 19.1. The van der Waals surface area contributed by atoms with E-state index in [1.807, 2.05) is 4.90 Å². The van der Waals surface area contributed by atoms with Gasteiger partial charge in [0.2, 0.25) is 5.82 Å². The van der Waals surface area contributed by atoms with Crippen molar-refractivity contribution in [2.45, 2.75) is 38.4 Å². The lowest BCUT2D eigenvalue weighted by molar-refractivity contribution is 0.199. The van der Waals surface area contributed by atoms with Crippen molar-refractivity contribution < 1.29 is 8.91 Å². The zero-order chi connectivity index (χ0) is 11.8. The number of hydrogen-bond acceptors (Lipinski definition) is 5. The third-order valence-corrected chi connectivity index (χ3v) is 2.76. The largest absolute Gasteiger partial charge is 0.328 e. The Balaban J connectivity index is 2.08. The molecule has 1 aromatic rings. The summed E-state index contributed by atoms with van der Waals surface area (Å²) in [7, 11) is 0. The Morgan fingerprint density at radius 1 is 1.44 bits per heavy atom. The topological polar surface area (TPSA) is 68.2 Å². The van der Waals surface area contributed by atoms with Crippen LogP contribution in [0.25, 0.3) is 0 Å². The van der Waals surface area contributed by atoms with Gasteiger partial charge in [0.25, 0.3) is 0 Å². The second-order valence-corrected chi connectivity index (χ2v) is 4.70. The first-order valence-electron chi connectivity index (χ1n) is 5.50. The summed E-state index contributed by atoms with van der Waals surface area (Å²) in [5.74, 6) is 0.0948. The molecule has 0 aromatic carbocycles. The van der Waals surface area contributed by atoms with E-state index in [1.165, 1.54) is 13.8 Å². The van der Waals surface area contributed by atoms with Crippen molar-refractivity contribution in [2.75, 3.05) is 18.0 Å². The first-order chi connectivity index (χ1) is 7.47. The minimum absolute atomic E-state index is 0.0948. The Kier molecular flexibility index (Phi) is 2.84. The van der Waals surface area contributed by atoms with Crippen molar-refractivity contribution in [3.05, 3.63) is 5.82 Å². The second-order valence-electron chi connectivity index (χ2n) is 4.70. The van der Waals surface area contributed by atoms with Gasteiger partial charge in [0.1, 0.15) is 0 Å². The number of nitrogens with zero attached hydrogens (tertiary/aromatic N) is 3. The van der Waals surface area contributed by atoms with Gasteiger partial charge in [0, 0.05) is 19.1 Å². The Morgan fingerprint density at radius 3 is 2.56 bits per heavy atom. The summed E-state index contributed by atoms with van der Waals surface area (Å²) in [4.78, 5) is 6.01. The van der Waals surface area contributed by atoms with E-state index >= 15 is 0 Å². The van der Waals surface area contributed by atoms with E-state index in [1.54, 1.807) is 0 Å². The fourth-order valence-corrected chi connectivity index (χ4v) is 1.68. The molecule has 0 spiro atoms. The molecule has 2 rings (SSSR count). The maximum atomic E-state index is 13.5. The van der Waals surface area contributed by atoms with Gasteiger partial charge in [0.05, 0.1) is 0 Å². The average molecular weight is 228 g/mol. The van der Waals surface area contributed by atoms with E-state index in [4.69, 9.17) is 10.3 Å². The van der Waals surface area contributed by atoms with Crippen LogP contribution in [-0.2, 0) is 5.67 Å². The molecule has 0 aliphatic carbocycles. The fraction of sp³-hybridized carbons (Fsp3) is 0.800. The number of nitrogens with two attached hydrogens (primary N) is 1. The molecule has 0 bridgehead atoms. The van der Waals surface area contributed by atoms with Gasteiger partial charge in [0.15, 0.2) is 5.67 Å². The molecule has 0 saturated carbocycles. The molecule has 0 atom stereocenters. The summed E-state index contributed by atoms with van der Waals surface area (Å²) in [6.07, 6.45) is 1.80. The van der Waals surface area contributed by atoms with Gasteiger partial charge in [-0.1, -0.05) is 5.16 Å². The summed E-state index contributed by atoms with van der Waals surface area (Å²) in [6, 6.07) is 0.642. The van der Waals surface area contributed by atoms with Crippen LogP contribution in [0.1, 0.15) is 32.5 Å². The third kappa shape index (κ3) is 2.32. The summed E-state index contributed by atoms with van der Waals surface area (Å²) >= 11 is 0. The molecule has 0 amide bonds. The monoisotopic (exact) mass is 228 g/mol. The Labute approximate surface area is 93.8 Å². The van der Waals surface area contributed by atoms with Gasteiger partial charge in [-0.2, -0.15) is 4.98 Å². The Morgan fingerprint density at radius 2 is 2.06 bits per heavy atom. The van der Waals surface area contributed by atoms with Crippen LogP contribution in [0.4, 0.5) is 10.4 Å². The maximum Gasteiger partial charge on any atom is 0.324 e. The maximum absolute atomic E-state index is 13.5. The number of anilines is 1. The molecule has 16 heavy (non-hydrogen) atoms. The molecular formula is C10H17FN4O. The van der Waals surface area contributed by atoms with Gasteiger partial charge in [-0.15, -0.1) is 0 Å². The van der Waals surface area contributed by atoms with Crippen LogP contribution in [0.2, 0.25) is 0 Å². The number of halogens is 1. The predicted molar refractivity (Wildman–Crippen MR) is 57.9 cm³/mol.